The van der Waals surface area contributed by atoms with Crippen molar-refractivity contribution in [2.45, 2.75) is 38.6 Å². The maximum atomic E-state index is 12.8. The summed E-state index contributed by atoms with van der Waals surface area (Å²) in [6, 6.07) is 13.5. The highest BCUT2D eigenvalue weighted by Gasteiger charge is 2.37. The molecular weight excluding hydrogens is 332 g/mol. The van der Waals surface area contributed by atoms with Gasteiger partial charge in [0.1, 0.15) is 6.04 Å². The largest absolute Gasteiger partial charge is 0.331 e. The van der Waals surface area contributed by atoms with Crippen molar-refractivity contribution in [1.29, 1.82) is 0 Å². The zero-order valence-electron chi connectivity index (χ0n) is 14.6. The molecule has 0 radical (unpaired) electrons. The predicted molar refractivity (Wildman–Crippen MR) is 102 cm³/mol. The molecule has 25 heavy (non-hydrogen) atoms. The topological polar surface area (TPSA) is 40.6 Å². The molecule has 5 heteroatoms. The molecule has 2 amide bonds. The van der Waals surface area contributed by atoms with Crippen LogP contribution in [0.25, 0.3) is 0 Å². The van der Waals surface area contributed by atoms with Crippen LogP contribution in [0.5, 0.6) is 0 Å². The number of hydrogen-bond acceptors (Lipinski definition) is 3. The molecule has 0 saturated carbocycles. The monoisotopic (exact) mass is 356 g/mol. The molecule has 1 aliphatic rings. The van der Waals surface area contributed by atoms with E-state index in [0.717, 1.165) is 18.5 Å². The molecule has 1 unspecified atom stereocenters. The zero-order chi connectivity index (χ0) is 17.6. The molecule has 1 aromatic heterocycles. The summed E-state index contributed by atoms with van der Waals surface area (Å²) in [6.07, 6.45) is 2.97. The number of likely N-dealkylation sites (N-methyl/N-ethyl adjacent to an activating group) is 1. The third kappa shape index (κ3) is 4.10. The van der Waals surface area contributed by atoms with Gasteiger partial charge in [-0.05, 0) is 49.8 Å². The molecule has 0 bridgehead atoms. The fraction of sp³-hybridized carbons (Fsp3) is 0.400. The molecule has 0 aliphatic carbocycles. The molecule has 1 fully saturated rings. The van der Waals surface area contributed by atoms with Crippen LogP contribution < -0.4 is 4.90 Å². The number of hydrogen-bond donors (Lipinski definition) is 0. The second kappa shape index (κ2) is 8.30. The van der Waals surface area contributed by atoms with Gasteiger partial charge in [-0.1, -0.05) is 24.3 Å². The second-order valence-electron chi connectivity index (χ2n) is 6.24. The number of benzene rings is 1. The van der Waals surface area contributed by atoms with Gasteiger partial charge in [0.25, 0.3) is 0 Å². The average Bonchev–Trinajstić information content (AvgIpc) is 3.27. The van der Waals surface area contributed by atoms with Gasteiger partial charge in [-0.25, -0.2) is 0 Å². The number of nitrogens with zero attached hydrogens (tertiary/aromatic N) is 2. The van der Waals surface area contributed by atoms with Crippen molar-refractivity contribution in [3.63, 3.8) is 0 Å². The van der Waals surface area contributed by atoms with Crippen LogP contribution in [0.1, 0.15) is 31.1 Å². The Morgan fingerprint density at radius 3 is 2.72 bits per heavy atom. The highest BCUT2D eigenvalue weighted by Crippen LogP contribution is 2.25. The molecular formula is C20H24N2O2S. The molecule has 4 nitrogen and oxygen atoms in total. The number of rotatable bonds is 7. The molecule has 1 aromatic carbocycles. The number of anilines is 1. The van der Waals surface area contributed by atoms with Crippen LogP contribution in [0, 0.1) is 0 Å². The lowest BCUT2D eigenvalue weighted by atomic mass is 10.1. The van der Waals surface area contributed by atoms with Gasteiger partial charge in [0, 0.05) is 30.1 Å². The summed E-state index contributed by atoms with van der Waals surface area (Å²) in [5, 5.41) is 2.06. The van der Waals surface area contributed by atoms with Gasteiger partial charge in [-0.3, -0.25) is 9.59 Å². The Bertz CT molecular complexity index is 700. The van der Waals surface area contributed by atoms with Crippen LogP contribution in [-0.4, -0.2) is 35.8 Å². The van der Waals surface area contributed by atoms with Crippen molar-refractivity contribution in [2.24, 2.45) is 0 Å². The minimum Gasteiger partial charge on any atom is -0.331 e. The van der Waals surface area contributed by atoms with Crippen LogP contribution in [0.2, 0.25) is 0 Å². The van der Waals surface area contributed by atoms with Gasteiger partial charge in [0.05, 0.1) is 0 Å². The van der Waals surface area contributed by atoms with Gasteiger partial charge < -0.3 is 9.80 Å². The van der Waals surface area contributed by atoms with E-state index in [4.69, 9.17) is 0 Å². The molecule has 132 valence electrons. The zero-order valence-corrected chi connectivity index (χ0v) is 15.4. The number of para-hydroxylation sites is 1. The van der Waals surface area contributed by atoms with Crippen LogP contribution in [-0.2, 0) is 16.0 Å². The maximum Gasteiger partial charge on any atom is 0.249 e. The van der Waals surface area contributed by atoms with Crippen molar-refractivity contribution in [3.05, 3.63) is 52.7 Å². The standard InChI is InChI=1S/C20H24N2O2S/c1-2-21(19(23)12-6-10-17-11-7-15-25-17)18-13-14-22(20(18)24)16-8-4-3-5-9-16/h3-5,7-9,11,15,18H,2,6,10,12-14H2,1H3. The van der Waals surface area contributed by atoms with E-state index in [2.05, 4.69) is 11.4 Å². The summed E-state index contributed by atoms with van der Waals surface area (Å²) in [4.78, 5) is 30.3. The highest BCUT2D eigenvalue weighted by molar-refractivity contribution is 7.09. The Balaban J connectivity index is 1.58. The lowest BCUT2D eigenvalue weighted by molar-refractivity contribution is -0.138. The summed E-state index contributed by atoms with van der Waals surface area (Å²) in [7, 11) is 0. The molecule has 0 spiro atoms. The molecule has 2 heterocycles. The van der Waals surface area contributed by atoms with Gasteiger partial charge in [-0.15, -0.1) is 11.3 Å². The normalized spacial score (nSPS) is 17.1. The summed E-state index contributed by atoms with van der Waals surface area (Å²) in [5.41, 5.74) is 0.913. The van der Waals surface area contributed by atoms with Gasteiger partial charge >= 0.3 is 0 Å². The van der Waals surface area contributed by atoms with E-state index in [0.29, 0.717) is 25.9 Å². The molecule has 1 atom stereocenters. The smallest absolute Gasteiger partial charge is 0.249 e. The first kappa shape index (κ1) is 17.7. The first-order chi connectivity index (χ1) is 12.2. The fourth-order valence-electron chi connectivity index (χ4n) is 3.40. The Morgan fingerprint density at radius 2 is 2.04 bits per heavy atom. The summed E-state index contributed by atoms with van der Waals surface area (Å²) in [6.45, 7) is 3.21. The summed E-state index contributed by atoms with van der Waals surface area (Å²) in [5.74, 6) is 0.131. The lowest BCUT2D eigenvalue weighted by Crippen LogP contribution is -2.45. The predicted octanol–water partition coefficient (Wildman–Crippen LogP) is 3.72. The number of carbonyl (C=O) groups excluding carboxylic acids is 2. The average molecular weight is 356 g/mol. The molecule has 1 aliphatic heterocycles. The van der Waals surface area contributed by atoms with Crippen LogP contribution in [0.15, 0.2) is 47.8 Å². The number of carbonyl (C=O) groups is 2. The first-order valence-electron chi connectivity index (χ1n) is 8.89. The first-order valence-corrected chi connectivity index (χ1v) is 9.77. The van der Waals surface area contributed by atoms with Crippen molar-refractivity contribution in [2.75, 3.05) is 18.0 Å². The number of amides is 2. The maximum absolute atomic E-state index is 12.8. The van der Waals surface area contributed by atoms with E-state index >= 15 is 0 Å². The Kier molecular flexibility index (Phi) is 5.87. The van der Waals surface area contributed by atoms with Crippen LogP contribution in [0.3, 0.4) is 0 Å². The van der Waals surface area contributed by atoms with E-state index in [1.807, 2.05) is 43.3 Å². The van der Waals surface area contributed by atoms with Crippen molar-refractivity contribution in [3.8, 4) is 0 Å². The molecule has 1 saturated heterocycles. The quantitative estimate of drug-likeness (QED) is 0.758. The van der Waals surface area contributed by atoms with E-state index in [1.165, 1.54) is 4.88 Å². The second-order valence-corrected chi connectivity index (χ2v) is 7.27. The van der Waals surface area contributed by atoms with Gasteiger partial charge in [-0.2, -0.15) is 0 Å². The minimum absolute atomic E-state index is 0.0413. The summed E-state index contributed by atoms with van der Waals surface area (Å²) < 4.78 is 0. The van der Waals surface area contributed by atoms with Crippen LogP contribution >= 0.6 is 11.3 Å². The summed E-state index contributed by atoms with van der Waals surface area (Å²) >= 11 is 1.73. The van der Waals surface area contributed by atoms with E-state index in [9.17, 15) is 9.59 Å². The fourth-order valence-corrected chi connectivity index (χ4v) is 4.15. The van der Waals surface area contributed by atoms with Crippen molar-refractivity contribution in [1.82, 2.24) is 4.90 Å². The Morgan fingerprint density at radius 1 is 1.24 bits per heavy atom. The van der Waals surface area contributed by atoms with Crippen molar-refractivity contribution >= 4 is 28.8 Å². The number of aryl methyl sites for hydroxylation is 1. The third-order valence-corrected chi connectivity index (χ3v) is 5.61. The Hall–Kier alpha value is -2.14. The Labute approximate surface area is 153 Å². The molecule has 3 rings (SSSR count). The van der Waals surface area contributed by atoms with E-state index < -0.39 is 0 Å². The SMILES string of the molecule is CCN(C(=O)CCCc1cccs1)C1CCN(c2ccccc2)C1=O. The van der Waals surface area contributed by atoms with E-state index in [-0.39, 0.29) is 17.9 Å². The van der Waals surface area contributed by atoms with Crippen molar-refractivity contribution < 1.29 is 9.59 Å². The van der Waals surface area contributed by atoms with E-state index in [1.54, 1.807) is 21.1 Å². The molecule has 2 aromatic rings. The number of thiophene rings is 1. The van der Waals surface area contributed by atoms with Gasteiger partial charge in [0.15, 0.2) is 0 Å². The van der Waals surface area contributed by atoms with Gasteiger partial charge in [0.2, 0.25) is 11.8 Å². The third-order valence-electron chi connectivity index (χ3n) is 4.68. The lowest BCUT2D eigenvalue weighted by Gasteiger charge is -2.27. The van der Waals surface area contributed by atoms with Crippen LogP contribution in [0.4, 0.5) is 5.69 Å². The minimum atomic E-state index is -0.320. The molecule has 0 N–H and O–H groups in total. The highest BCUT2D eigenvalue weighted by atomic mass is 32.1.